The Bertz CT molecular complexity index is 650. The Kier molecular flexibility index (Phi) is 6.95. The number of nitrogens with one attached hydrogen (secondary N) is 2. The van der Waals surface area contributed by atoms with Gasteiger partial charge in [0.1, 0.15) is 18.2 Å². The number of carboxylic acid groups (broad SMARTS) is 1. The number of aryl methyl sites for hydroxylation is 1. The van der Waals surface area contributed by atoms with E-state index in [0.717, 1.165) is 36.1 Å². The summed E-state index contributed by atoms with van der Waals surface area (Å²) in [5.41, 5.74) is 1.45. The van der Waals surface area contributed by atoms with Crippen LogP contribution < -0.4 is 10.6 Å². The molecule has 3 N–H and O–H groups in total. The summed E-state index contributed by atoms with van der Waals surface area (Å²) in [6.07, 6.45) is 4.92. The summed E-state index contributed by atoms with van der Waals surface area (Å²) in [6.45, 7) is 3.00. The molecular weight excluding hydrogens is 344 g/mol. The van der Waals surface area contributed by atoms with Crippen LogP contribution in [-0.4, -0.2) is 42.1 Å². The number of thiophene rings is 1. The maximum absolute atomic E-state index is 12.7. The van der Waals surface area contributed by atoms with Crippen LogP contribution in [0.2, 0.25) is 0 Å². The Morgan fingerprint density at radius 1 is 1.24 bits per heavy atom. The number of amides is 2. The number of hydrogen-bond donors (Lipinski definition) is 3. The molecule has 1 heterocycles. The largest absolute Gasteiger partial charge is 0.480 e. The molecule has 1 saturated carbocycles. The number of ether oxygens (including phenoxy) is 1. The molecule has 0 unspecified atom stereocenters. The molecule has 0 radical (unpaired) electrons. The lowest BCUT2D eigenvalue weighted by molar-refractivity contribution is -0.143. The van der Waals surface area contributed by atoms with Crippen LogP contribution >= 0.6 is 11.3 Å². The van der Waals surface area contributed by atoms with Gasteiger partial charge in [-0.1, -0.05) is 19.8 Å². The Hall–Kier alpha value is -1.93. The van der Waals surface area contributed by atoms with Crippen molar-refractivity contribution >= 4 is 34.1 Å². The molecule has 1 aromatic heterocycles. The maximum Gasteiger partial charge on any atom is 0.329 e. The minimum absolute atomic E-state index is 0.158. The second-order valence-electron chi connectivity index (χ2n) is 6.08. The number of carboxylic acids is 1. The Labute approximate surface area is 150 Å². The predicted octanol–water partition coefficient (Wildman–Crippen LogP) is 2.33. The molecule has 0 saturated heterocycles. The van der Waals surface area contributed by atoms with Gasteiger partial charge in [0.15, 0.2) is 0 Å². The highest BCUT2D eigenvalue weighted by Crippen LogP contribution is 2.34. The summed E-state index contributed by atoms with van der Waals surface area (Å²) in [6, 6.07) is 0.194. The number of anilines is 1. The van der Waals surface area contributed by atoms with E-state index in [1.165, 1.54) is 11.3 Å². The summed E-state index contributed by atoms with van der Waals surface area (Å²) in [5.74, 6) is -1.76. The molecule has 8 heteroatoms. The van der Waals surface area contributed by atoms with E-state index in [1.54, 1.807) is 0 Å². The SMILES string of the molecule is CCc1c(C)sc(NC(=O)COCC(=O)O)c1C(=O)NC1CCCC1. The quantitative estimate of drug-likeness (QED) is 0.653. The molecule has 1 aliphatic carbocycles. The number of carbonyl (C=O) groups excluding carboxylic acids is 2. The topological polar surface area (TPSA) is 105 Å². The Morgan fingerprint density at radius 3 is 2.52 bits per heavy atom. The zero-order chi connectivity index (χ0) is 18.4. The van der Waals surface area contributed by atoms with Crippen molar-refractivity contribution in [1.29, 1.82) is 0 Å². The molecule has 0 bridgehead atoms. The molecular formula is C17H24N2O5S. The van der Waals surface area contributed by atoms with Gasteiger partial charge in [-0.15, -0.1) is 11.3 Å². The van der Waals surface area contributed by atoms with E-state index in [9.17, 15) is 14.4 Å². The molecule has 0 atom stereocenters. The van der Waals surface area contributed by atoms with Crippen molar-refractivity contribution in [3.8, 4) is 0 Å². The lowest BCUT2D eigenvalue weighted by Gasteiger charge is -2.14. The molecule has 7 nitrogen and oxygen atoms in total. The lowest BCUT2D eigenvalue weighted by Crippen LogP contribution is -2.33. The van der Waals surface area contributed by atoms with Crippen LogP contribution in [0.1, 0.15) is 53.4 Å². The van der Waals surface area contributed by atoms with Crippen LogP contribution in [0.25, 0.3) is 0 Å². The summed E-state index contributed by atoms with van der Waals surface area (Å²) in [7, 11) is 0. The minimum atomic E-state index is -1.13. The molecule has 1 aromatic rings. The van der Waals surface area contributed by atoms with Crippen molar-refractivity contribution in [2.24, 2.45) is 0 Å². The van der Waals surface area contributed by atoms with Crippen LogP contribution in [0, 0.1) is 6.92 Å². The molecule has 1 aliphatic rings. The standard InChI is InChI=1S/C17H24N2O5S/c1-3-12-10(2)25-17(19-13(20)8-24-9-14(21)22)15(12)16(23)18-11-6-4-5-7-11/h11H,3-9H2,1-2H3,(H,18,23)(H,19,20)(H,21,22). The van der Waals surface area contributed by atoms with Gasteiger partial charge in [0, 0.05) is 10.9 Å². The smallest absolute Gasteiger partial charge is 0.329 e. The third-order valence-corrected chi connectivity index (χ3v) is 5.25. The molecule has 0 aliphatic heterocycles. The van der Waals surface area contributed by atoms with Gasteiger partial charge >= 0.3 is 5.97 Å². The van der Waals surface area contributed by atoms with Crippen molar-refractivity contribution in [2.45, 2.75) is 52.0 Å². The van der Waals surface area contributed by atoms with Crippen LogP contribution in [0.15, 0.2) is 0 Å². The summed E-state index contributed by atoms with van der Waals surface area (Å²) in [4.78, 5) is 36.1. The van der Waals surface area contributed by atoms with Gasteiger partial charge in [-0.05, 0) is 31.7 Å². The monoisotopic (exact) mass is 368 g/mol. The highest BCUT2D eigenvalue weighted by Gasteiger charge is 2.25. The fourth-order valence-electron chi connectivity index (χ4n) is 3.05. The molecule has 0 spiro atoms. The summed E-state index contributed by atoms with van der Waals surface area (Å²) < 4.78 is 4.79. The number of rotatable bonds is 8. The van der Waals surface area contributed by atoms with E-state index in [2.05, 4.69) is 10.6 Å². The van der Waals surface area contributed by atoms with Gasteiger partial charge in [0.25, 0.3) is 11.8 Å². The van der Waals surface area contributed by atoms with Crippen LogP contribution in [-0.2, 0) is 20.7 Å². The average Bonchev–Trinajstić information content (AvgIpc) is 3.14. The van der Waals surface area contributed by atoms with E-state index in [0.29, 0.717) is 17.0 Å². The highest BCUT2D eigenvalue weighted by molar-refractivity contribution is 7.16. The first-order chi connectivity index (χ1) is 11.9. The van der Waals surface area contributed by atoms with E-state index in [1.807, 2.05) is 13.8 Å². The Morgan fingerprint density at radius 2 is 1.92 bits per heavy atom. The molecule has 0 aromatic carbocycles. The predicted molar refractivity (Wildman–Crippen MR) is 95.2 cm³/mol. The van der Waals surface area contributed by atoms with Crippen LogP contribution in [0.3, 0.4) is 0 Å². The first kappa shape index (κ1) is 19.4. The third-order valence-electron chi connectivity index (χ3n) is 4.19. The minimum Gasteiger partial charge on any atom is -0.480 e. The van der Waals surface area contributed by atoms with Crippen LogP contribution in [0.5, 0.6) is 0 Å². The number of aliphatic carboxylic acids is 1. The van der Waals surface area contributed by atoms with Gasteiger partial charge in [0.2, 0.25) is 0 Å². The average molecular weight is 368 g/mol. The highest BCUT2D eigenvalue weighted by atomic mass is 32.1. The first-order valence-corrected chi connectivity index (χ1v) is 9.26. The van der Waals surface area contributed by atoms with Crippen molar-refractivity contribution in [1.82, 2.24) is 5.32 Å². The van der Waals surface area contributed by atoms with Crippen molar-refractivity contribution in [3.05, 3.63) is 16.0 Å². The fourth-order valence-corrected chi connectivity index (χ4v) is 4.21. The maximum atomic E-state index is 12.7. The second kappa shape index (κ2) is 8.96. The molecule has 1 fully saturated rings. The van der Waals surface area contributed by atoms with Crippen molar-refractivity contribution < 1.29 is 24.2 Å². The summed E-state index contributed by atoms with van der Waals surface area (Å²) >= 11 is 1.36. The van der Waals surface area contributed by atoms with E-state index >= 15 is 0 Å². The van der Waals surface area contributed by atoms with Gasteiger partial charge in [-0.3, -0.25) is 9.59 Å². The first-order valence-electron chi connectivity index (χ1n) is 8.44. The second-order valence-corrected chi connectivity index (χ2v) is 7.31. The number of carbonyl (C=O) groups is 3. The Balaban J connectivity index is 2.10. The molecule has 2 amide bonds. The summed E-state index contributed by atoms with van der Waals surface area (Å²) in [5, 5.41) is 14.8. The van der Waals surface area contributed by atoms with E-state index < -0.39 is 18.5 Å². The van der Waals surface area contributed by atoms with Gasteiger partial charge in [-0.2, -0.15) is 0 Å². The van der Waals surface area contributed by atoms with Gasteiger partial charge < -0.3 is 20.5 Å². The fraction of sp³-hybridized carbons (Fsp3) is 0.588. The molecule has 25 heavy (non-hydrogen) atoms. The zero-order valence-electron chi connectivity index (χ0n) is 14.5. The van der Waals surface area contributed by atoms with Crippen LogP contribution in [0.4, 0.5) is 5.00 Å². The lowest BCUT2D eigenvalue weighted by atomic mass is 10.1. The normalized spacial score (nSPS) is 14.5. The molecule has 2 rings (SSSR count). The van der Waals surface area contributed by atoms with Crippen molar-refractivity contribution in [3.63, 3.8) is 0 Å². The van der Waals surface area contributed by atoms with Gasteiger partial charge in [0.05, 0.1) is 5.56 Å². The molecule has 138 valence electrons. The van der Waals surface area contributed by atoms with E-state index in [4.69, 9.17) is 9.84 Å². The number of hydrogen-bond acceptors (Lipinski definition) is 5. The van der Waals surface area contributed by atoms with Gasteiger partial charge in [-0.25, -0.2) is 4.79 Å². The third kappa shape index (κ3) is 5.27. The van der Waals surface area contributed by atoms with E-state index in [-0.39, 0.29) is 18.6 Å². The zero-order valence-corrected chi connectivity index (χ0v) is 15.3. The van der Waals surface area contributed by atoms with Crippen molar-refractivity contribution in [2.75, 3.05) is 18.5 Å².